The lowest BCUT2D eigenvalue weighted by Crippen LogP contribution is -2.29. The molecule has 0 saturated heterocycles. The maximum atomic E-state index is 12.2. The number of hydrogen-bond acceptors (Lipinski definition) is 2. The number of benzene rings is 1. The van der Waals surface area contributed by atoms with Crippen LogP contribution < -0.4 is 10.5 Å². The molecule has 2 nitrogen and oxygen atoms in total. The lowest BCUT2D eigenvalue weighted by atomic mass is 9.84. The van der Waals surface area contributed by atoms with Crippen molar-refractivity contribution in [3.8, 4) is 5.75 Å². The van der Waals surface area contributed by atoms with Crippen molar-refractivity contribution in [2.45, 2.75) is 25.9 Å². The van der Waals surface area contributed by atoms with Gasteiger partial charge >= 0.3 is 6.61 Å². The Bertz CT molecular complexity index is 369. The minimum Gasteiger partial charge on any atom is -0.435 e. The van der Waals surface area contributed by atoms with Gasteiger partial charge < -0.3 is 10.5 Å². The monoisotopic (exact) mass is 249 g/mol. The van der Waals surface area contributed by atoms with Crippen molar-refractivity contribution in [1.82, 2.24) is 0 Å². The van der Waals surface area contributed by atoms with Gasteiger partial charge in [-0.1, -0.05) is 25.4 Å². The Morgan fingerprint density at radius 2 is 2.06 bits per heavy atom. The zero-order chi connectivity index (χ0) is 12.3. The van der Waals surface area contributed by atoms with Crippen LogP contribution in [-0.2, 0) is 5.41 Å². The molecule has 90 valence electrons. The van der Waals surface area contributed by atoms with Crippen LogP contribution in [0.15, 0.2) is 18.2 Å². The standard InChI is InChI=1S/C11H14ClF2NO/c1-11(2,6-15)8-5-7(12)3-4-9(8)16-10(13)14/h3-5,10H,6,15H2,1-2H3. The molecule has 0 aromatic heterocycles. The maximum Gasteiger partial charge on any atom is 0.387 e. The van der Waals surface area contributed by atoms with Crippen molar-refractivity contribution in [2.24, 2.45) is 5.73 Å². The first-order valence-electron chi connectivity index (χ1n) is 4.82. The first-order chi connectivity index (χ1) is 7.36. The van der Waals surface area contributed by atoms with Gasteiger partial charge in [0.05, 0.1) is 0 Å². The molecule has 0 heterocycles. The lowest BCUT2D eigenvalue weighted by Gasteiger charge is -2.25. The molecule has 1 aromatic rings. The van der Waals surface area contributed by atoms with Gasteiger partial charge in [-0.05, 0) is 18.2 Å². The molecule has 0 saturated carbocycles. The molecule has 0 aliphatic rings. The molecule has 0 fully saturated rings. The summed E-state index contributed by atoms with van der Waals surface area (Å²) in [6, 6.07) is 4.54. The van der Waals surface area contributed by atoms with E-state index in [4.69, 9.17) is 17.3 Å². The van der Waals surface area contributed by atoms with Gasteiger partial charge in [0.1, 0.15) is 5.75 Å². The van der Waals surface area contributed by atoms with Gasteiger partial charge in [0, 0.05) is 22.5 Å². The van der Waals surface area contributed by atoms with E-state index in [1.54, 1.807) is 6.07 Å². The van der Waals surface area contributed by atoms with Gasteiger partial charge in [0.15, 0.2) is 0 Å². The van der Waals surface area contributed by atoms with E-state index in [0.29, 0.717) is 17.1 Å². The molecule has 0 unspecified atom stereocenters. The average molecular weight is 250 g/mol. The zero-order valence-corrected chi connectivity index (χ0v) is 9.89. The number of rotatable bonds is 4. The topological polar surface area (TPSA) is 35.2 Å². The molecule has 0 spiro atoms. The molecule has 0 bridgehead atoms. The summed E-state index contributed by atoms with van der Waals surface area (Å²) in [6.07, 6.45) is 0. The van der Waals surface area contributed by atoms with Crippen molar-refractivity contribution >= 4 is 11.6 Å². The molecule has 5 heteroatoms. The second kappa shape index (κ2) is 4.97. The molecule has 0 aliphatic carbocycles. The minimum atomic E-state index is -2.85. The predicted molar refractivity (Wildman–Crippen MR) is 60.2 cm³/mol. The van der Waals surface area contributed by atoms with E-state index in [9.17, 15) is 8.78 Å². The molecular formula is C11H14ClF2NO. The fourth-order valence-electron chi connectivity index (χ4n) is 1.34. The van der Waals surface area contributed by atoms with Crippen molar-refractivity contribution in [2.75, 3.05) is 6.54 Å². The van der Waals surface area contributed by atoms with Crippen LogP contribution >= 0.6 is 11.6 Å². The van der Waals surface area contributed by atoms with Gasteiger partial charge in [0.25, 0.3) is 0 Å². The number of nitrogens with two attached hydrogens (primary N) is 1. The molecule has 0 atom stereocenters. The largest absolute Gasteiger partial charge is 0.435 e. The first kappa shape index (κ1) is 13.2. The molecule has 2 N–H and O–H groups in total. The van der Waals surface area contributed by atoms with Crippen LogP contribution in [0.25, 0.3) is 0 Å². The third-order valence-corrected chi connectivity index (χ3v) is 2.63. The van der Waals surface area contributed by atoms with Crippen LogP contribution in [-0.4, -0.2) is 13.2 Å². The Labute approximate surface area is 98.3 Å². The van der Waals surface area contributed by atoms with Crippen LogP contribution in [0.3, 0.4) is 0 Å². The summed E-state index contributed by atoms with van der Waals surface area (Å²) in [5.74, 6) is 0.120. The van der Waals surface area contributed by atoms with E-state index < -0.39 is 12.0 Å². The quantitative estimate of drug-likeness (QED) is 0.890. The second-order valence-corrected chi connectivity index (χ2v) is 4.54. The molecular weight excluding hydrogens is 236 g/mol. The van der Waals surface area contributed by atoms with Crippen LogP contribution in [0, 0.1) is 0 Å². The maximum absolute atomic E-state index is 12.2. The van der Waals surface area contributed by atoms with E-state index in [1.165, 1.54) is 12.1 Å². The first-order valence-corrected chi connectivity index (χ1v) is 5.19. The summed E-state index contributed by atoms with van der Waals surface area (Å²) in [6.45, 7) is 1.15. The third kappa shape index (κ3) is 3.06. The Morgan fingerprint density at radius 3 is 2.56 bits per heavy atom. The normalized spacial score (nSPS) is 11.9. The minimum absolute atomic E-state index is 0.120. The molecule has 0 aliphatic heterocycles. The van der Waals surface area contributed by atoms with Crippen LogP contribution in [0.4, 0.5) is 8.78 Å². The van der Waals surface area contributed by atoms with Crippen molar-refractivity contribution < 1.29 is 13.5 Å². The van der Waals surface area contributed by atoms with E-state index in [-0.39, 0.29) is 5.75 Å². The van der Waals surface area contributed by atoms with Gasteiger partial charge in [0.2, 0.25) is 0 Å². The number of alkyl halides is 2. The highest BCUT2D eigenvalue weighted by atomic mass is 35.5. The molecule has 1 rings (SSSR count). The highest BCUT2D eigenvalue weighted by Crippen LogP contribution is 2.34. The summed E-state index contributed by atoms with van der Waals surface area (Å²) in [4.78, 5) is 0. The van der Waals surface area contributed by atoms with Crippen LogP contribution in [0.1, 0.15) is 19.4 Å². The summed E-state index contributed by atoms with van der Waals surface area (Å²) < 4.78 is 28.9. The zero-order valence-electron chi connectivity index (χ0n) is 9.14. The van der Waals surface area contributed by atoms with Crippen molar-refractivity contribution in [3.05, 3.63) is 28.8 Å². The SMILES string of the molecule is CC(C)(CN)c1cc(Cl)ccc1OC(F)F. The number of ether oxygens (including phenoxy) is 1. The number of halogens is 3. The van der Waals surface area contributed by atoms with E-state index in [0.717, 1.165) is 0 Å². The van der Waals surface area contributed by atoms with Gasteiger partial charge in [-0.15, -0.1) is 0 Å². The number of hydrogen-bond donors (Lipinski definition) is 1. The Kier molecular flexibility index (Phi) is 4.10. The fraction of sp³-hybridized carbons (Fsp3) is 0.455. The fourth-order valence-corrected chi connectivity index (χ4v) is 1.51. The van der Waals surface area contributed by atoms with Gasteiger partial charge in [-0.3, -0.25) is 0 Å². The Hall–Kier alpha value is -0.870. The van der Waals surface area contributed by atoms with Gasteiger partial charge in [-0.25, -0.2) is 0 Å². The summed E-state index contributed by atoms with van der Waals surface area (Å²) in [5, 5.41) is 0.471. The Morgan fingerprint density at radius 1 is 1.44 bits per heavy atom. The third-order valence-electron chi connectivity index (χ3n) is 2.40. The highest BCUT2D eigenvalue weighted by molar-refractivity contribution is 6.30. The lowest BCUT2D eigenvalue weighted by molar-refractivity contribution is -0.0509. The summed E-state index contributed by atoms with van der Waals surface area (Å²) >= 11 is 5.83. The van der Waals surface area contributed by atoms with E-state index >= 15 is 0 Å². The molecule has 0 amide bonds. The highest BCUT2D eigenvalue weighted by Gasteiger charge is 2.24. The van der Waals surface area contributed by atoms with Crippen molar-refractivity contribution in [3.63, 3.8) is 0 Å². The predicted octanol–water partition coefficient (Wildman–Crippen LogP) is 3.18. The Balaban J connectivity index is 3.18. The van der Waals surface area contributed by atoms with Crippen LogP contribution in [0.2, 0.25) is 5.02 Å². The van der Waals surface area contributed by atoms with Gasteiger partial charge in [-0.2, -0.15) is 8.78 Å². The van der Waals surface area contributed by atoms with E-state index in [2.05, 4.69) is 4.74 Å². The van der Waals surface area contributed by atoms with E-state index in [1.807, 2.05) is 13.8 Å². The molecule has 16 heavy (non-hydrogen) atoms. The molecule has 0 radical (unpaired) electrons. The molecule has 1 aromatic carbocycles. The second-order valence-electron chi connectivity index (χ2n) is 4.11. The smallest absolute Gasteiger partial charge is 0.387 e. The summed E-state index contributed by atoms with van der Waals surface area (Å²) in [7, 11) is 0. The average Bonchev–Trinajstić information content (AvgIpc) is 2.20. The van der Waals surface area contributed by atoms with Crippen LogP contribution in [0.5, 0.6) is 5.75 Å². The summed E-state index contributed by atoms with van der Waals surface area (Å²) in [5.41, 5.74) is 5.72. The van der Waals surface area contributed by atoms with Crippen molar-refractivity contribution in [1.29, 1.82) is 0 Å².